The molecule has 0 aliphatic carbocycles. The number of nitrogens with one attached hydrogen (secondary N) is 1. The van der Waals surface area contributed by atoms with Crippen molar-refractivity contribution >= 4 is 28.6 Å². The number of fused-ring (bicyclic) bond motifs is 1. The van der Waals surface area contributed by atoms with E-state index in [0.717, 1.165) is 22.3 Å². The first-order valence-electron chi connectivity index (χ1n) is 9.58. The molecule has 1 aromatic carbocycles. The second-order valence-corrected chi connectivity index (χ2v) is 8.11. The number of aliphatic hydroxyl groups excluding tert-OH is 1. The highest BCUT2D eigenvalue weighted by atomic mass is 32.2. The lowest BCUT2D eigenvalue weighted by molar-refractivity contribution is -0.122. The van der Waals surface area contributed by atoms with Gasteiger partial charge in [0, 0.05) is 23.4 Å². The Bertz CT molecular complexity index is 921. The van der Waals surface area contributed by atoms with Crippen LogP contribution in [0.25, 0.3) is 11.0 Å². The topological polar surface area (TPSA) is 88.8 Å². The van der Waals surface area contributed by atoms with Crippen LogP contribution < -0.4 is 15.7 Å². The van der Waals surface area contributed by atoms with E-state index in [1.807, 2.05) is 32.2 Å². The van der Waals surface area contributed by atoms with Crippen LogP contribution in [0.15, 0.2) is 39.6 Å². The lowest BCUT2D eigenvalue weighted by Crippen LogP contribution is -2.38. The highest BCUT2D eigenvalue weighted by Gasteiger charge is 2.15. The molecule has 6 nitrogen and oxygen atoms in total. The summed E-state index contributed by atoms with van der Waals surface area (Å²) >= 11 is 1.66. The van der Waals surface area contributed by atoms with Gasteiger partial charge < -0.3 is 19.6 Å². The van der Waals surface area contributed by atoms with Gasteiger partial charge in [0.1, 0.15) is 17.9 Å². The maximum absolute atomic E-state index is 12.5. The van der Waals surface area contributed by atoms with Gasteiger partial charge in [-0.1, -0.05) is 6.58 Å². The minimum absolute atomic E-state index is 0.0980. The van der Waals surface area contributed by atoms with Crippen LogP contribution in [0.1, 0.15) is 30.9 Å². The van der Waals surface area contributed by atoms with Crippen molar-refractivity contribution in [3.05, 3.63) is 51.9 Å². The van der Waals surface area contributed by atoms with E-state index in [2.05, 4.69) is 11.9 Å². The van der Waals surface area contributed by atoms with Gasteiger partial charge in [-0.2, -0.15) is 11.8 Å². The fraction of sp³-hybridized carbons (Fsp3) is 0.455. The lowest BCUT2D eigenvalue weighted by atomic mass is 10.0. The number of aliphatic hydroxyl groups is 1. The fourth-order valence-electron chi connectivity index (χ4n) is 2.97. The number of thioether (sulfide) groups is 1. The summed E-state index contributed by atoms with van der Waals surface area (Å²) in [6.45, 7) is 7.83. The summed E-state index contributed by atoms with van der Waals surface area (Å²) in [6, 6.07) is 5.11. The molecule has 1 atom stereocenters. The first-order chi connectivity index (χ1) is 13.8. The molecule has 29 heavy (non-hydrogen) atoms. The quantitative estimate of drug-likeness (QED) is 0.429. The van der Waals surface area contributed by atoms with Crippen molar-refractivity contribution in [3.8, 4) is 5.75 Å². The lowest BCUT2D eigenvalue weighted by Gasteiger charge is -2.16. The predicted molar refractivity (Wildman–Crippen MR) is 118 cm³/mol. The molecule has 0 bridgehead atoms. The second-order valence-electron chi connectivity index (χ2n) is 7.13. The van der Waals surface area contributed by atoms with Crippen LogP contribution in [-0.2, 0) is 11.2 Å². The van der Waals surface area contributed by atoms with Crippen molar-refractivity contribution < 1.29 is 19.1 Å². The average Bonchev–Trinajstić information content (AvgIpc) is 2.69. The van der Waals surface area contributed by atoms with E-state index in [-0.39, 0.29) is 31.4 Å². The molecule has 0 saturated carbocycles. The van der Waals surface area contributed by atoms with Gasteiger partial charge in [0.25, 0.3) is 0 Å². The molecule has 0 fully saturated rings. The van der Waals surface area contributed by atoms with Crippen LogP contribution in [0, 0.1) is 6.92 Å². The standard InChI is InChI=1S/C22H29NO5S/c1-14(2)13-27-17-5-6-18-15(3)19(22(26)28-20(18)11-17)7-8-21(25)23-16(12-24)9-10-29-4/h5-6,11,16,24H,1,7-10,12-13H2,2-4H3,(H,23,25). The van der Waals surface area contributed by atoms with Gasteiger partial charge in [-0.15, -0.1) is 0 Å². The Morgan fingerprint density at radius 2 is 2.17 bits per heavy atom. The van der Waals surface area contributed by atoms with E-state index in [4.69, 9.17) is 9.15 Å². The summed E-state index contributed by atoms with van der Waals surface area (Å²) < 4.78 is 11.1. The number of carbonyl (C=O) groups excluding carboxylic acids is 1. The molecule has 0 radical (unpaired) electrons. The van der Waals surface area contributed by atoms with Crippen LogP contribution in [0.3, 0.4) is 0 Å². The number of hydrogen-bond acceptors (Lipinski definition) is 6. The zero-order valence-corrected chi connectivity index (χ0v) is 18.1. The summed E-state index contributed by atoms with van der Waals surface area (Å²) in [6.07, 6.45) is 3.13. The maximum atomic E-state index is 12.5. The number of carbonyl (C=O) groups is 1. The normalized spacial score (nSPS) is 12.0. The summed E-state index contributed by atoms with van der Waals surface area (Å²) in [5.74, 6) is 1.28. The van der Waals surface area contributed by atoms with E-state index >= 15 is 0 Å². The summed E-state index contributed by atoms with van der Waals surface area (Å²) in [7, 11) is 0. The molecule has 158 valence electrons. The first kappa shape index (κ1) is 23.0. The van der Waals surface area contributed by atoms with Crippen LogP contribution in [0.2, 0.25) is 0 Å². The van der Waals surface area contributed by atoms with Gasteiger partial charge in [-0.05, 0) is 62.0 Å². The molecule has 0 spiro atoms. The summed E-state index contributed by atoms with van der Waals surface area (Å²) in [5, 5.41) is 13.0. The van der Waals surface area contributed by atoms with Crippen LogP contribution in [0.4, 0.5) is 0 Å². The van der Waals surface area contributed by atoms with Crippen LogP contribution in [-0.4, -0.2) is 42.3 Å². The Morgan fingerprint density at radius 3 is 2.83 bits per heavy atom. The highest BCUT2D eigenvalue weighted by molar-refractivity contribution is 7.98. The van der Waals surface area contributed by atoms with Crippen molar-refractivity contribution in [1.29, 1.82) is 0 Å². The Balaban J connectivity index is 2.11. The van der Waals surface area contributed by atoms with Crippen molar-refractivity contribution in [2.24, 2.45) is 0 Å². The summed E-state index contributed by atoms with van der Waals surface area (Å²) in [5.41, 5.74) is 2.20. The van der Waals surface area contributed by atoms with Crippen molar-refractivity contribution in [2.75, 3.05) is 25.2 Å². The monoisotopic (exact) mass is 419 g/mol. The Labute approximate surface area is 175 Å². The average molecular weight is 420 g/mol. The molecule has 2 rings (SSSR count). The van der Waals surface area contributed by atoms with Gasteiger partial charge in [0.05, 0.1) is 12.6 Å². The SMILES string of the molecule is C=C(C)COc1ccc2c(C)c(CCC(=O)NC(CO)CCSC)c(=O)oc2c1. The molecular formula is C22H29NO5S. The van der Waals surface area contributed by atoms with Gasteiger partial charge in [-0.3, -0.25) is 4.79 Å². The van der Waals surface area contributed by atoms with E-state index in [1.165, 1.54) is 0 Å². The number of ether oxygens (including phenoxy) is 1. The maximum Gasteiger partial charge on any atom is 0.339 e. The minimum Gasteiger partial charge on any atom is -0.489 e. The largest absolute Gasteiger partial charge is 0.489 e. The molecule has 2 aromatic rings. The molecule has 2 N–H and O–H groups in total. The number of rotatable bonds is 11. The molecule has 0 aliphatic heterocycles. The van der Waals surface area contributed by atoms with Gasteiger partial charge in [0.2, 0.25) is 5.91 Å². The Hall–Kier alpha value is -2.25. The molecule has 0 aliphatic rings. The molecular weight excluding hydrogens is 390 g/mol. The molecule has 1 heterocycles. The van der Waals surface area contributed by atoms with E-state index in [9.17, 15) is 14.7 Å². The molecule has 0 saturated heterocycles. The number of benzene rings is 1. The third-order valence-electron chi connectivity index (χ3n) is 4.60. The Kier molecular flexibility index (Phi) is 8.79. The van der Waals surface area contributed by atoms with Crippen molar-refractivity contribution in [2.45, 2.75) is 39.2 Å². The molecule has 7 heteroatoms. The van der Waals surface area contributed by atoms with Crippen molar-refractivity contribution in [3.63, 3.8) is 0 Å². The Morgan fingerprint density at radius 1 is 1.41 bits per heavy atom. The van der Waals surface area contributed by atoms with Gasteiger partial charge >= 0.3 is 5.63 Å². The number of amides is 1. The third-order valence-corrected chi connectivity index (χ3v) is 5.25. The smallest absolute Gasteiger partial charge is 0.339 e. The second kappa shape index (κ2) is 11.1. The predicted octanol–water partition coefficient (Wildman–Crippen LogP) is 3.22. The summed E-state index contributed by atoms with van der Waals surface area (Å²) in [4.78, 5) is 24.7. The first-order valence-corrected chi connectivity index (χ1v) is 11.0. The van der Waals surface area contributed by atoms with E-state index in [0.29, 0.717) is 29.9 Å². The van der Waals surface area contributed by atoms with E-state index < -0.39 is 5.63 Å². The molecule has 1 aromatic heterocycles. The van der Waals surface area contributed by atoms with Gasteiger partial charge in [-0.25, -0.2) is 4.79 Å². The zero-order chi connectivity index (χ0) is 21.4. The minimum atomic E-state index is -0.444. The van der Waals surface area contributed by atoms with E-state index in [1.54, 1.807) is 17.8 Å². The van der Waals surface area contributed by atoms with Crippen LogP contribution in [0.5, 0.6) is 5.75 Å². The third kappa shape index (κ3) is 6.65. The fourth-order valence-corrected chi connectivity index (χ4v) is 3.49. The zero-order valence-electron chi connectivity index (χ0n) is 17.2. The molecule has 1 unspecified atom stereocenters. The van der Waals surface area contributed by atoms with Gasteiger partial charge in [0.15, 0.2) is 0 Å². The number of hydrogen-bond donors (Lipinski definition) is 2. The van der Waals surface area contributed by atoms with Crippen LogP contribution >= 0.6 is 11.8 Å². The van der Waals surface area contributed by atoms with Crippen molar-refractivity contribution in [1.82, 2.24) is 5.32 Å². The molecule has 1 amide bonds. The number of aryl methyl sites for hydroxylation is 1. The highest BCUT2D eigenvalue weighted by Crippen LogP contribution is 2.25.